The van der Waals surface area contributed by atoms with Gasteiger partial charge in [0.05, 0.1) is 5.69 Å². The highest BCUT2D eigenvalue weighted by Crippen LogP contribution is 2.27. The Morgan fingerprint density at radius 3 is 2.50 bits per heavy atom. The molecule has 0 aliphatic carbocycles. The van der Waals surface area contributed by atoms with Crippen molar-refractivity contribution in [1.82, 2.24) is 9.78 Å². The molecule has 1 aromatic carbocycles. The Labute approximate surface area is 93.7 Å². The van der Waals surface area contributed by atoms with E-state index in [4.69, 9.17) is 5.73 Å². The lowest BCUT2D eigenvalue weighted by Crippen LogP contribution is -1.95. The summed E-state index contributed by atoms with van der Waals surface area (Å²) < 4.78 is 14.9. The van der Waals surface area contributed by atoms with Crippen molar-refractivity contribution >= 4 is 5.82 Å². The number of anilines is 1. The summed E-state index contributed by atoms with van der Waals surface area (Å²) in [6.07, 6.45) is 0. The van der Waals surface area contributed by atoms with E-state index in [2.05, 4.69) is 5.10 Å². The highest BCUT2D eigenvalue weighted by molar-refractivity contribution is 5.68. The number of nitrogens with two attached hydrogens (primary N) is 1. The Kier molecular flexibility index (Phi) is 2.42. The van der Waals surface area contributed by atoms with Gasteiger partial charge in [-0.3, -0.25) is 4.68 Å². The standard InChI is InChI=1S/C12H14FN3/c1-7-6-9(4-5-10(7)13)11-8(2)12(14)15-16(11)3/h4-6H,1-3H3,(H2,14,15). The number of aromatic nitrogens is 2. The molecule has 0 saturated carbocycles. The molecule has 3 nitrogen and oxygen atoms in total. The molecule has 0 spiro atoms. The Bertz CT molecular complexity index is 543. The van der Waals surface area contributed by atoms with E-state index in [0.717, 1.165) is 16.8 Å². The normalized spacial score (nSPS) is 10.8. The van der Waals surface area contributed by atoms with Crippen LogP contribution in [0.3, 0.4) is 0 Å². The molecule has 2 aromatic rings. The first-order valence-electron chi connectivity index (χ1n) is 5.06. The maximum absolute atomic E-state index is 13.2. The van der Waals surface area contributed by atoms with E-state index in [1.54, 1.807) is 23.7 Å². The van der Waals surface area contributed by atoms with Crippen molar-refractivity contribution in [2.45, 2.75) is 13.8 Å². The summed E-state index contributed by atoms with van der Waals surface area (Å²) in [5.74, 6) is 0.316. The van der Waals surface area contributed by atoms with Gasteiger partial charge >= 0.3 is 0 Å². The van der Waals surface area contributed by atoms with E-state index in [0.29, 0.717) is 11.4 Å². The number of hydrogen-bond acceptors (Lipinski definition) is 2. The lowest BCUT2D eigenvalue weighted by atomic mass is 10.1. The molecule has 0 unspecified atom stereocenters. The summed E-state index contributed by atoms with van der Waals surface area (Å²) in [5, 5.41) is 4.14. The first kappa shape index (κ1) is 10.7. The van der Waals surface area contributed by atoms with Crippen molar-refractivity contribution in [3.05, 3.63) is 35.1 Å². The van der Waals surface area contributed by atoms with Gasteiger partial charge in [-0.1, -0.05) is 0 Å². The number of aryl methyl sites for hydroxylation is 2. The molecule has 16 heavy (non-hydrogen) atoms. The molecule has 0 radical (unpaired) electrons. The average Bonchev–Trinajstić information content (AvgIpc) is 2.47. The first-order chi connectivity index (χ1) is 7.50. The van der Waals surface area contributed by atoms with Crippen molar-refractivity contribution in [3.8, 4) is 11.3 Å². The van der Waals surface area contributed by atoms with E-state index < -0.39 is 0 Å². The van der Waals surface area contributed by atoms with Gasteiger partial charge in [0, 0.05) is 18.2 Å². The van der Waals surface area contributed by atoms with Gasteiger partial charge < -0.3 is 5.73 Å². The highest BCUT2D eigenvalue weighted by Gasteiger charge is 2.12. The predicted octanol–water partition coefficient (Wildman–Crippen LogP) is 2.43. The third kappa shape index (κ3) is 1.56. The third-order valence-electron chi connectivity index (χ3n) is 2.75. The van der Waals surface area contributed by atoms with Crippen LogP contribution in [0, 0.1) is 19.7 Å². The Balaban J connectivity index is 2.63. The maximum Gasteiger partial charge on any atom is 0.148 e. The lowest BCUT2D eigenvalue weighted by molar-refractivity contribution is 0.618. The molecule has 1 heterocycles. The van der Waals surface area contributed by atoms with Gasteiger partial charge in [0.1, 0.15) is 11.6 Å². The number of hydrogen-bond donors (Lipinski definition) is 1. The van der Waals surface area contributed by atoms with Gasteiger partial charge in [-0.05, 0) is 37.6 Å². The maximum atomic E-state index is 13.2. The van der Waals surface area contributed by atoms with Crippen LogP contribution in [0.4, 0.5) is 10.2 Å². The summed E-state index contributed by atoms with van der Waals surface area (Å²) in [6, 6.07) is 5.01. The second kappa shape index (κ2) is 3.63. The zero-order chi connectivity index (χ0) is 11.9. The molecule has 0 saturated heterocycles. The summed E-state index contributed by atoms with van der Waals surface area (Å²) in [4.78, 5) is 0. The Morgan fingerprint density at radius 1 is 1.31 bits per heavy atom. The number of rotatable bonds is 1. The van der Waals surface area contributed by atoms with Crippen LogP contribution < -0.4 is 5.73 Å². The van der Waals surface area contributed by atoms with E-state index in [1.807, 2.05) is 14.0 Å². The highest BCUT2D eigenvalue weighted by atomic mass is 19.1. The van der Waals surface area contributed by atoms with E-state index in [-0.39, 0.29) is 5.82 Å². The van der Waals surface area contributed by atoms with Crippen molar-refractivity contribution in [1.29, 1.82) is 0 Å². The molecule has 4 heteroatoms. The topological polar surface area (TPSA) is 43.8 Å². The van der Waals surface area contributed by atoms with Gasteiger partial charge in [-0.15, -0.1) is 0 Å². The van der Waals surface area contributed by atoms with E-state index in [9.17, 15) is 4.39 Å². The van der Waals surface area contributed by atoms with Gasteiger partial charge in [0.2, 0.25) is 0 Å². The smallest absolute Gasteiger partial charge is 0.148 e. The minimum Gasteiger partial charge on any atom is -0.382 e. The molecule has 84 valence electrons. The summed E-state index contributed by atoms with van der Waals surface area (Å²) in [5.41, 5.74) is 9.15. The molecule has 0 amide bonds. The quantitative estimate of drug-likeness (QED) is 0.800. The van der Waals surface area contributed by atoms with Gasteiger partial charge in [0.15, 0.2) is 0 Å². The van der Waals surface area contributed by atoms with Crippen molar-refractivity contribution < 1.29 is 4.39 Å². The first-order valence-corrected chi connectivity index (χ1v) is 5.06. The van der Waals surface area contributed by atoms with Crippen molar-refractivity contribution in [3.63, 3.8) is 0 Å². The summed E-state index contributed by atoms with van der Waals surface area (Å²) in [7, 11) is 1.83. The average molecular weight is 219 g/mol. The minimum absolute atomic E-state index is 0.198. The SMILES string of the molecule is Cc1cc(-c2c(C)c(N)nn2C)ccc1F. The van der Waals surface area contributed by atoms with Crippen molar-refractivity contribution in [2.24, 2.45) is 7.05 Å². The fourth-order valence-electron chi connectivity index (χ4n) is 1.85. The van der Waals surface area contributed by atoms with Crippen molar-refractivity contribution in [2.75, 3.05) is 5.73 Å². The minimum atomic E-state index is -0.198. The molecule has 2 N–H and O–H groups in total. The molecule has 2 rings (SSSR count). The fourth-order valence-corrected chi connectivity index (χ4v) is 1.85. The van der Waals surface area contributed by atoms with Gasteiger partial charge in [-0.2, -0.15) is 5.10 Å². The second-order valence-electron chi connectivity index (χ2n) is 3.95. The van der Waals surface area contributed by atoms with E-state index in [1.165, 1.54) is 6.07 Å². The Hall–Kier alpha value is -1.84. The summed E-state index contributed by atoms with van der Waals surface area (Å²) in [6.45, 7) is 3.66. The fraction of sp³-hybridized carbons (Fsp3) is 0.250. The van der Waals surface area contributed by atoms with Crippen LogP contribution in [0.25, 0.3) is 11.3 Å². The molecule has 1 aromatic heterocycles. The molecule has 0 bridgehead atoms. The molecule has 0 aliphatic rings. The van der Waals surface area contributed by atoms with Crippen LogP contribution >= 0.6 is 0 Å². The van der Waals surface area contributed by atoms with Gasteiger partial charge in [-0.25, -0.2) is 4.39 Å². The van der Waals surface area contributed by atoms with Crippen LogP contribution in [-0.4, -0.2) is 9.78 Å². The second-order valence-corrected chi connectivity index (χ2v) is 3.95. The van der Waals surface area contributed by atoms with Crippen LogP contribution in [0.5, 0.6) is 0 Å². The lowest BCUT2D eigenvalue weighted by Gasteiger charge is -2.05. The molecule has 0 aliphatic heterocycles. The number of halogens is 1. The largest absolute Gasteiger partial charge is 0.382 e. The number of nitrogens with zero attached hydrogens (tertiary/aromatic N) is 2. The van der Waals surface area contributed by atoms with E-state index >= 15 is 0 Å². The zero-order valence-corrected chi connectivity index (χ0v) is 9.58. The van der Waals surface area contributed by atoms with Crippen LogP contribution in [-0.2, 0) is 7.05 Å². The third-order valence-corrected chi connectivity index (χ3v) is 2.75. The monoisotopic (exact) mass is 219 g/mol. The van der Waals surface area contributed by atoms with Crippen LogP contribution in [0.15, 0.2) is 18.2 Å². The molecule has 0 atom stereocenters. The molecule has 0 fully saturated rings. The predicted molar refractivity (Wildman–Crippen MR) is 62.5 cm³/mol. The zero-order valence-electron chi connectivity index (χ0n) is 9.58. The van der Waals surface area contributed by atoms with Gasteiger partial charge in [0.25, 0.3) is 0 Å². The Morgan fingerprint density at radius 2 is 2.00 bits per heavy atom. The molecular formula is C12H14FN3. The van der Waals surface area contributed by atoms with Crippen LogP contribution in [0.1, 0.15) is 11.1 Å². The molecular weight excluding hydrogens is 205 g/mol. The summed E-state index contributed by atoms with van der Waals surface area (Å²) >= 11 is 0. The van der Waals surface area contributed by atoms with Crippen LogP contribution in [0.2, 0.25) is 0 Å². The number of nitrogen functional groups attached to an aromatic ring is 1. The number of benzene rings is 1.